The summed E-state index contributed by atoms with van der Waals surface area (Å²) in [7, 11) is 0. The summed E-state index contributed by atoms with van der Waals surface area (Å²) in [6.45, 7) is 7.82. The number of ether oxygens (including phenoxy) is 1. The topological polar surface area (TPSA) is 58.2 Å². The summed E-state index contributed by atoms with van der Waals surface area (Å²) in [6.07, 6.45) is 2.57. The van der Waals surface area contributed by atoms with E-state index in [2.05, 4.69) is 40.6 Å². The van der Waals surface area contributed by atoms with E-state index in [-0.39, 0.29) is 18.2 Å². The molecule has 2 atom stereocenters. The predicted octanol–water partition coefficient (Wildman–Crippen LogP) is 5.02. The van der Waals surface area contributed by atoms with Crippen LogP contribution < -0.4 is 0 Å². The van der Waals surface area contributed by atoms with Crippen molar-refractivity contribution in [2.45, 2.75) is 64.6 Å². The summed E-state index contributed by atoms with van der Waals surface area (Å²) in [5.74, 6) is 0.855. The van der Waals surface area contributed by atoms with E-state index in [4.69, 9.17) is 9.72 Å². The van der Waals surface area contributed by atoms with Gasteiger partial charge in [0, 0.05) is 9.61 Å². The number of halogens is 1. The van der Waals surface area contributed by atoms with E-state index in [1.54, 1.807) is 0 Å². The van der Waals surface area contributed by atoms with Gasteiger partial charge in [0.15, 0.2) is 0 Å². The third kappa shape index (κ3) is 3.53. The minimum Gasteiger partial charge on any atom is -0.444 e. The first-order chi connectivity index (χ1) is 11.3. The normalized spacial score (nSPS) is 21.5. The van der Waals surface area contributed by atoms with Gasteiger partial charge in [0.05, 0.1) is 17.1 Å². The van der Waals surface area contributed by atoms with Crippen LogP contribution in [0.5, 0.6) is 0 Å². The number of carbonyl (C=O) groups excluding carboxylic acids is 1. The molecule has 1 aromatic heterocycles. The van der Waals surface area contributed by atoms with Crippen LogP contribution in [0.2, 0.25) is 0 Å². The molecular formula is C18H24IN3O2. The number of rotatable bonds is 2. The predicted molar refractivity (Wildman–Crippen MR) is 103 cm³/mol. The van der Waals surface area contributed by atoms with E-state index < -0.39 is 5.60 Å². The molecule has 2 aromatic rings. The highest BCUT2D eigenvalue weighted by molar-refractivity contribution is 14.1. The van der Waals surface area contributed by atoms with Crippen LogP contribution in [0.1, 0.15) is 58.8 Å². The average Bonchev–Trinajstić information content (AvgIpc) is 3.07. The number of nitrogens with zero attached hydrogens (tertiary/aromatic N) is 2. The van der Waals surface area contributed by atoms with E-state index >= 15 is 0 Å². The second-order valence-electron chi connectivity index (χ2n) is 7.33. The Balaban J connectivity index is 1.93. The third-order valence-electron chi connectivity index (χ3n) is 4.36. The number of aromatic amines is 1. The number of aromatic nitrogens is 2. The van der Waals surface area contributed by atoms with Gasteiger partial charge in [0.1, 0.15) is 11.4 Å². The van der Waals surface area contributed by atoms with Crippen molar-refractivity contribution >= 4 is 39.7 Å². The number of hydrogen-bond acceptors (Lipinski definition) is 3. The van der Waals surface area contributed by atoms with Crippen molar-refractivity contribution in [1.82, 2.24) is 14.9 Å². The molecular weight excluding hydrogens is 417 g/mol. The fraction of sp³-hybridized carbons (Fsp3) is 0.556. The molecule has 5 nitrogen and oxygen atoms in total. The molecule has 2 heterocycles. The van der Waals surface area contributed by atoms with Gasteiger partial charge in [0.2, 0.25) is 0 Å². The second kappa shape index (κ2) is 6.54. The maximum atomic E-state index is 12.7. The maximum absolute atomic E-state index is 12.7. The van der Waals surface area contributed by atoms with Gasteiger partial charge < -0.3 is 9.72 Å². The van der Waals surface area contributed by atoms with Crippen molar-refractivity contribution in [3.8, 4) is 0 Å². The standard InChI is InChI=1S/C18H24IN3O2/c1-5-12-7-9-15(22(12)17(23)24-18(2,3)4)16-20-13-8-6-11(19)10-14(13)21-16/h6,8,10,12,15H,5,7,9H2,1-4H3,(H,20,21). The van der Waals surface area contributed by atoms with Gasteiger partial charge in [-0.25, -0.2) is 9.78 Å². The van der Waals surface area contributed by atoms with Crippen molar-refractivity contribution in [2.75, 3.05) is 0 Å². The molecule has 1 aliphatic rings. The van der Waals surface area contributed by atoms with Crippen LogP contribution in [0.25, 0.3) is 11.0 Å². The first kappa shape index (κ1) is 17.5. The molecule has 130 valence electrons. The zero-order chi connectivity index (χ0) is 17.5. The quantitative estimate of drug-likeness (QED) is 0.666. The Labute approximate surface area is 156 Å². The van der Waals surface area contributed by atoms with Crippen LogP contribution in [0.4, 0.5) is 4.79 Å². The highest BCUT2D eigenvalue weighted by Crippen LogP contribution is 2.38. The maximum Gasteiger partial charge on any atom is 0.411 e. The summed E-state index contributed by atoms with van der Waals surface area (Å²) in [4.78, 5) is 22.8. The van der Waals surface area contributed by atoms with Gasteiger partial charge in [-0.2, -0.15) is 0 Å². The number of imidazole rings is 1. The number of hydrogen-bond donors (Lipinski definition) is 1. The summed E-state index contributed by atoms with van der Waals surface area (Å²) in [5.41, 5.74) is 1.46. The van der Waals surface area contributed by atoms with Gasteiger partial charge in [-0.3, -0.25) is 4.90 Å². The molecule has 1 saturated heterocycles. The summed E-state index contributed by atoms with van der Waals surface area (Å²) < 4.78 is 6.81. The van der Waals surface area contributed by atoms with Crippen molar-refractivity contribution in [3.05, 3.63) is 27.6 Å². The zero-order valence-electron chi connectivity index (χ0n) is 14.6. The fourth-order valence-electron chi connectivity index (χ4n) is 3.30. The van der Waals surface area contributed by atoms with Crippen LogP contribution in [0, 0.1) is 3.57 Å². The zero-order valence-corrected chi connectivity index (χ0v) is 16.8. The molecule has 0 spiro atoms. The van der Waals surface area contributed by atoms with Crippen molar-refractivity contribution < 1.29 is 9.53 Å². The van der Waals surface area contributed by atoms with E-state index in [9.17, 15) is 4.79 Å². The van der Waals surface area contributed by atoms with Gasteiger partial charge in [-0.1, -0.05) is 6.92 Å². The van der Waals surface area contributed by atoms with Gasteiger partial charge >= 0.3 is 6.09 Å². The van der Waals surface area contributed by atoms with Gasteiger partial charge in [-0.05, 0) is 80.8 Å². The molecule has 1 fully saturated rings. The molecule has 24 heavy (non-hydrogen) atoms. The summed E-state index contributed by atoms with van der Waals surface area (Å²) >= 11 is 2.29. The summed E-state index contributed by atoms with van der Waals surface area (Å²) in [5, 5.41) is 0. The molecule has 1 aromatic carbocycles. The van der Waals surface area contributed by atoms with Crippen molar-refractivity contribution in [2.24, 2.45) is 0 Å². The first-order valence-corrected chi connectivity index (χ1v) is 9.53. The molecule has 0 aliphatic carbocycles. The highest BCUT2D eigenvalue weighted by atomic mass is 127. The summed E-state index contributed by atoms with van der Waals surface area (Å²) in [6, 6.07) is 6.30. The Hall–Kier alpha value is -1.31. The molecule has 6 heteroatoms. The number of carbonyl (C=O) groups is 1. The second-order valence-corrected chi connectivity index (χ2v) is 8.57. The Morgan fingerprint density at radius 1 is 1.42 bits per heavy atom. The SMILES string of the molecule is CCC1CCC(c2nc3ccc(I)cc3[nH]2)N1C(=O)OC(C)(C)C. The molecule has 0 radical (unpaired) electrons. The minimum atomic E-state index is -0.494. The third-order valence-corrected chi connectivity index (χ3v) is 5.03. The Morgan fingerprint density at radius 2 is 2.17 bits per heavy atom. The lowest BCUT2D eigenvalue weighted by atomic mass is 10.1. The van der Waals surface area contributed by atoms with E-state index in [0.717, 1.165) is 39.7 Å². The average molecular weight is 441 g/mol. The Bertz CT molecular complexity index is 750. The van der Waals surface area contributed by atoms with Crippen molar-refractivity contribution in [3.63, 3.8) is 0 Å². The Kier molecular flexibility index (Phi) is 4.77. The van der Waals surface area contributed by atoms with Crippen molar-refractivity contribution in [1.29, 1.82) is 0 Å². The number of H-pyrrole nitrogens is 1. The number of nitrogens with one attached hydrogen (secondary N) is 1. The molecule has 3 rings (SSSR count). The fourth-order valence-corrected chi connectivity index (χ4v) is 3.79. The smallest absolute Gasteiger partial charge is 0.411 e. The lowest BCUT2D eigenvalue weighted by Gasteiger charge is -2.31. The van der Waals surface area contributed by atoms with E-state index in [1.165, 1.54) is 0 Å². The first-order valence-electron chi connectivity index (χ1n) is 8.45. The lowest BCUT2D eigenvalue weighted by molar-refractivity contribution is 0.0134. The molecule has 0 bridgehead atoms. The van der Waals surface area contributed by atoms with Crippen LogP contribution in [0.3, 0.4) is 0 Å². The minimum absolute atomic E-state index is 0.0464. The molecule has 2 unspecified atom stereocenters. The lowest BCUT2D eigenvalue weighted by Crippen LogP contribution is -2.41. The molecule has 1 amide bonds. The van der Waals surface area contributed by atoms with Gasteiger partial charge in [-0.15, -0.1) is 0 Å². The largest absolute Gasteiger partial charge is 0.444 e. The number of likely N-dealkylation sites (tertiary alicyclic amines) is 1. The van der Waals surface area contributed by atoms with Crippen LogP contribution >= 0.6 is 22.6 Å². The molecule has 1 aliphatic heterocycles. The number of fused-ring (bicyclic) bond motifs is 1. The van der Waals surface area contributed by atoms with Crippen LogP contribution in [0.15, 0.2) is 18.2 Å². The Morgan fingerprint density at radius 3 is 2.83 bits per heavy atom. The van der Waals surface area contributed by atoms with E-state index in [0.29, 0.717) is 0 Å². The van der Waals surface area contributed by atoms with Crippen LogP contribution in [-0.4, -0.2) is 32.6 Å². The number of amides is 1. The number of benzene rings is 1. The molecule has 1 N–H and O–H groups in total. The monoisotopic (exact) mass is 441 g/mol. The van der Waals surface area contributed by atoms with Crippen LogP contribution in [-0.2, 0) is 4.74 Å². The van der Waals surface area contributed by atoms with Gasteiger partial charge in [0.25, 0.3) is 0 Å². The highest BCUT2D eigenvalue weighted by Gasteiger charge is 2.40. The van der Waals surface area contributed by atoms with E-state index in [1.807, 2.05) is 37.8 Å². The molecule has 0 saturated carbocycles.